The molecule has 3 nitrogen and oxygen atoms in total. The Labute approximate surface area is 131 Å². The molecule has 3 rings (SSSR count). The minimum absolute atomic E-state index is 0.144. The van der Waals surface area contributed by atoms with E-state index in [2.05, 4.69) is 10.3 Å². The van der Waals surface area contributed by atoms with Crippen LogP contribution < -0.4 is 5.32 Å². The Morgan fingerprint density at radius 3 is 2.67 bits per heavy atom. The smallest absolute Gasteiger partial charge is 0.264 e. The van der Waals surface area contributed by atoms with Crippen molar-refractivity contribution < 1.29 is 4.79 Å². The third-order valence-electron chi connectivity index (χ3n) is 2.78. The second-order valence-corrected chi connectivity index (χ2v) is 5.84. The molecule has 1 N–H and O–H groups in total. The zero-order chi connectivity index (χ0) is 14.7. The van der Waals surface area contributed by atoms with Gasteiger partial charge in [-0.1, -0.05) is 41.9 Å². The first-order valence-corrected chi connectivity index (χ1v) is 7.50. The second-order valence-electron chi connectivity index (χ2n) is 4.37. The van der Waals surface area contributed by atoms with Crippen molar-refractivity contribution in [3.05, 3.63) is 70.1 Å². The molecule has 1 aliphatic rings. The summed E-state index contributed by atoms with van der Waals surface area (Å²) in [5, 5.41) is 3.99. The Kier molecular flexibility index (Phi) is 4.08. The van der Waals surface area contributed by atoms with Crippen LogP contribution in [-0.4, -0.2) is 11.1 Å². The highest BCUT2D eigenvalue weighted by atomic mass is 35.5. The first kappa shape index (κ1) is 13.9. The predicted octanol–water partition coefficient (Wildman–Crippen LogP) is 4.23. The number of hydrogen-bond donors (Lipinski definition) is 1. The molecule has 1 aliphatic heterocycles. The fraction of sp³-hybridized carbons (Fsp3) is 0. The number of nitrogens with one attached hydrogen (secondary N) is 1. The topological polar surface area (TPSA) is 41.5 Å². The lowest BCUT2D eigenvalue weighted by Gasteiger charge is -1.95. The third-order valence-corrected chi connectivity index (χ3v) is 3.93. The summed E-state index contributed by atoms with van der Waals surface area (Å²) in [6, 6.07) is 16.9. The molecule has 2 aromatic rings. The van der Waals surface area contributed by atoms with Gasteiger partial charge in [-0.3, -0.25) is 4.79 Å². The van der Waals surface area contributed by atoms with Crippen molar-refractivity contribution in [1.82, 2.24) is 5.32 Å². The summed E-state index contributed by atoms with van der Waals surface area (Å²) < 4.78 is 0. The molecule has 0 bridgehead atoms. The van der Waals surface area contributed by atoms with E-state index >= 15 is 0 Å². The number of benzene rings is 2. The first-order valence-electron chi connectivity index (χ1n) is 6.31. The fourth-order valence-corrected chi connectivity index (χ4v) is 2.89. The lowest BCUT2D eigenvalue weighted by Crippen LogP contribution is -2.19. The summed E-state index contributed by atoms with van der Waals surface area (Å²) >= 11 is 7.26. The number of hydrogen-bond acceptors (Lipinski definition) is 3. The van der Waals surface area contributed by atoms with E-state index in [4.69, 9.17) is 11.6 Å². The molecule has 1 fully saturated rings. The number of nitrogens with zero attached hydrogens (tertiary/aromatic N) is 1. The highest BCUT2D eigenvalue weighted by molar-refractivity contribution is 8.18. The lowest BCUT2D eigenvalue weighted by atomic mass is 10.2. The van der Waals surface area contributed by atoms with Gasteiger partial charge in [0.2, 0.25) is 0 Å². The normalized spacial score (nSPS) is 18.2. The molecular weight excluding hydrogens is 304 g/mol. The average molecular weight is 315 g/mol. The van der Waals surface area contributed by atoms with Crippen LogP contribution in [0.3, 0.4) is 0 Å². The maximum Gasteiger partial charge on any atom is 0.264 e. The zero-order valence-electron chi connectivity index (χ0n) is 10.9. The minimum Gasteiger partial charge on any atom is -0.300 e. The number of amides is 1. The van der Waals surface area contributed by atoms with E-state index in [1.165, 1.54) is 11.8 Å². The predicted molar refractivity (Wildman–Crippen MR) is 88.7 cm³/mol. The van der Waals surface area contributed by atoms with Gasteiger partial charge in [0.25, 0.3) is 5.91 Å². The Hall–Kier alpha value is -2.04. The number of aliphatic imine (C=N–C) groups is 1. The van der Waals surface area contributed by atoms with Crippen LogP contribution in [0, 0.1) is 0 Å². The Morgan fingerprint density at radius 1 is 1.10 bits per heavy atom. The molecule has 104 valence electrons. The first-order chi connectivity index (χ1) is 10.2. The van der Waals surface area contributed by atoms with Gasteiger partial charge < -0.3 is 5.32 Å². The minimum atomic E-state index is -0.144. The quantitative estimate of drug-likeness (QED) is 0.843. The largest absolute Gasteiger partial charge is 0.300 e. The maximum absolute atomic E-state index is 12.0. The van der Waals surface area contributed by atoms with Crippen molar-refractivity contribution in [2.24, 2.45) is 4.99 Å². The highest BCUT2D eigenvalue weighted by Crippen LogP contribution is 2.28. The van der Waals surface area contributed by atoms with Crippen molar-refractivity contribution in [2.45, 2.75) is 0 Å². The van der Waals surface area contributed by atoms with Crippen LogP contribution >= 0.6 is 23.4 Å². The number of rotatable bonds is 2. The van der Waals surface area contributed by atoms with Crippen LogP contribution in [0.5, 0.6) is 0 Å². The molecule has 1 saturated heterocycles. The lowest BCUT2D eigenvalue weighted by molar-refractivity contribution is -0.115. The van der Waals surface area contributed by atoms with Gasteiger partial charge in [-0.15, -0.1) is 0 Å². The van der Waals surface area contributed by atoms with Crippen LogP contribution in [0.1, 0.15) is 5.56 Å². The van der Waals surface area contributed by atoms with Gasteiger partial charge >= 0.3 is 0 Å². The molecule has 0 atom stereocenters. The maximum atomic E-state index is 12.0. The van der Waals surface area contributed by atoms with Crippen molar-refractivity contribution in [3.8, 4) is 0 Å². The van der Waals surface area contributed by atoms with E-state index in [0.717, 1.165) is 11.3 Å². The number of para-hydroxylation sites is 1. The molecule has 0 aromatic heterocycles. The van der Waals surface area contributed by atoms with Crippen LogP contribution in [0.15, 0.2) is 64.5 Å². The second kappa shape index (κ2) is 6.16. The van der Waals surface area contributed by atoms with E-state index < -0.39 is 0 Å². The highest BCUT2D eigenvalue weighted by Gasteiger charge is 2.23. The van der Waals surface area contributed by atoms with E-state index in [-0.39, 0.29) is 5.91 Å². The Bertz CT molecular complexity index is 741. The number of thioether (sulfide) groups is 1. The van der Waals surface area contributed by atoms with Crippen molar-refractivity contribution >= 4 is 46.2 Å². The molecule has 1 heterocycles. The molecule has 0 aliphatic carbocycles. The van der Waals surface area contributed by atoms with Crippen molar-refractivity contribution in [3.63, 3.8) is 0 Å². The molecule has 5 heteroatoms. The van der Waals surface area contributed by atoms with Crippen molar-refractivity contribution in [2.75, 3.05) is 0 Å². The standard InChI is InChI=1S/C16H11ClN2OS/c17-12-6-4-5-11(9-12)10-14-15(20)19-16(21-14)18-13-7-2-1-3-8-13/h1-10H,(H,18,19,20). The van der Waals surface area contributed by atoms with Crippen LogP contribution in [0.2, 0.25) is 5.02 Å². The van der Waals surface area contributed by atoms with E-state index in [0.29, 0.717) is 15.1 Å². The molecule has 2 aromatic carbocycles. The summed E-state index contributed by atoms with van der Waals surface area (Å²) in [6.07, 6.45) is 1.80. The molecule has 1 amide bonds. The molecule has 0 radical (unpaired) electrons. The molecular formula is C16H11ClN2OS. The SMILES string of the molecule is O=C1NC(=Nc2ccccc2)SC1=Cc1cccc(Cl)c1. The zero-order valence-corrected chi connectivity index (χ0v) is 12.5. The van der Waals surface area contributed by atoms with Gasteiger partial charge in [0, 0.05) is 5.02 Å². The van der Waals surface area contributed by atoms with Crippen molar-refractivity contribution in [1.29, 1.82) is 0 Å². The summed E-state index contributed by atoms with van der Waals surface area (Å²) in [5.74, 6) is -0.144. The fourth-order valence-electron chi connectivity index (χ4n) is 1.85. The van der Waals surface area contributed by atoms with Crippen LogP contribution in [0.25, 0.3) is 6.08 Å². The molecule has 21 heavy (non-hydrogen) atoms. The third kappa shape index (κ3) is 3.54. The van der Waals surface area contributed by atoms with Gasteiger partial charge in [-0.05, 0) is 47.7 Å². The van der Waals surface area contributed by atoms with E-state index in [9.17, 15) is 4.79 Å². The summed E-state index contributed by atoms with van der Waals surface area (Å²) in [7, 11) is 0. The number of carbonyl (C=O) groups is 1. The molecule has 0 saturated carbocycles. The summed E-state index contributed by atoms with van der Waals surface area (Å²) in [6.45, 7) is 0. The monoisotopic (exact) mass is 314 g/mol. The summed E-state index contributed by atoms with van der Waals surface area (Å²) in [5.41, 5.74) is 1.70. The Morgan fingerprint density at radius 2 is 1.90 bits per heavy atom. The van der Waals surface area contributed by atoms with Gasteiger partial charge in [0.15, 0.2) is 5.17 Å². The number of amidine groups is 1. The van der Waals surface area contributed by atoms with Crippen LogP contribution in [-0.2, 0) is 4.79 Å². The van der Waals surface area contributed by atoms with Gasteiger partial charge in [-0.2, -0.15) is 0 Å². The molecule has 0 spiro atoms. The summed E-state index contributed by atoms with van der Waals surface area (Å²) in [4.78, 5) is 17.0. The average Bonchev–Trinajstić information content (AvgIpc) is 2.80. The van der Waals surface area contributed by atoms with Gasteiger partial charge in [0.05, 0.1) is 10.6 Å². The van der Waals surface area contributed by atoms with E-state index in [1.54, 1.807) is 12.1 Å². The number of carbonyl (C=O) groups excluding carboxylic acids is 1. The van der Waals surface area contributed by atoms with Gasteiger partial charge in [0.1, 0.15) is 0 Å². The molecule has 0 unspecified atom stereocenters. The van der Waals surface area contributed by atoms with Gasteiger partial charge in [-0.25, -0.2) is 4.99 Å². The Balaban J connectivity index is 1.84. The number of halogens is 1. The van der Waals surface area contributed by atoms with E-state index in [1.807, 2.05) is 48.5 Å². The van der Waals surface area contributed by atoms with Crippen LogP contribution in [0.4, 0.5) is 5.69 Å².